The minimum atomic E-state index is -0.249. The second kappa shape index (κ2) is 8.56. The van der Waals surface area contributed by atoms with Crippen LogP contribution in [0.25, 0.3) is 22.5 Å². The van der Waals surface area contributed by atoms with Gasteiger partial charge in [0.15, 0.2) is 0 Å². The van der Waals surface area contributed by atoms with Gasteiger partial charge in [-0.05, 0) is 35.9 Å². The third-order valence-electron chi connectivity index (χ3n) is 3.73. The van der Waals surface area contributed by atoms with Crippen LogP contribution in [0.3, 0.4) is 0 Å². The first-order chi connectivity index (χ1) is 12.8. The Balaban J connectivity index is 0.00000210. The average molecular weight is 531 g/mol. The van der Waals surface area contributed by atoms with Crippen LogP contribution in [0.2, 0.25) is 0 Å². The van der Waals surface area contributed by atoms with E-state index in [2.05, 4.69) is 32.3 Å². The Morgan fingerprint density at radius 2 is 1.15 bits per heavy atom. The van der Waals surface area contributed by atoms with Gasteiger partial charge in [-0.2, -0.15) is 0 Å². The first-order valence-corrected chi connectivity index (χ1v) is 7.96. The van der Waals surface area contributed by atoms with Crippen LogP contribution in [0.1, 0.15) is 16.2 Å². The van der Waals surface area contributed by atoms with Crippen molar-refractivity contribution in [3.8, 4) is 22.5 Å². The van der Waals surface area contributed by atoms with Crippen LogP contribution in [-0.2, 0) is 21.1 Å². The van der Waals surface area contributed by atoms with Gasteiger partial charge in [0, 0.05) is 0 Å². The minimum absolute atomic E-state index is 0. The predicted octanol–water partition coefficient (Wildman–Crippen LogP) is 3.43. The van der Waals surface area contributed by atoms with E-state index in [1.807, 2.05) is 24.3 Å². The van der Waals surface area contributed by atoms with E-state index in [4.69, 9.17) is 0 Å². The molecule has 4 aromatic rings. The largest absolute Gasteiger partial charge is 2.00 e. The summed E-state index contributed by atoms with van der Waals surface area (Å²) in [7, 11) is 0. The molecular weight excluding hydrogens is 519 g/mol. The summed E-state index contributed by atoms with van der Waals surface area (Å²) >= 11 is 0. The second-order valence-electron chi connectivity index (χ2n) is 5.47. The first kappa shape index (κ1) is 18.7. The van der Waals surface area contributed by atoms with E-state index < -0.39 is 0 Å². The summed E-state index contributed by atoms with van der Waals surface area (Å²) in [5.41, 5.74) is 3.38. The van der Waals surface area contributed by atoms with E-state index in [-0.39, 0.29) is 26.8 Å². The van der Waals surface area contributed by atoms with Gasteiger partial charge >= 0.3 is 21.1 Å². The Hall–Kier alpha value is -3.04. The smallest absolute Gasteiger partial charge is 0.360 e. The maximum Gasteiger partial charge on any atom is 2.00 e. The number of nitrogens with zero attached hydrogens (tertiary/aromatic N) is 4. The van der Waals surface area contributed by atoms with Gasteiger partial charge in [0.2, 0.25) is 5.78 Å². The molecule has 5 nitrogen and oxygen atoms in total. The Morgan fingerprint density at radius 3 is 1.56 bits per heavy atom. The summed E-state index contributed by atoms with van der Waals surface area (Å²) < 4.78 is 0. The molecule has 0 bridgehead atoms. The van der Waals surface area contributed by atoms with Crippen LogP contribution in [0.4, 0.5) is 0 Å². The van der Waals surface area contributed by atoms with Gasteiger partial charge in [-0.3, -0.25) is 14.8 Å². The molecule has 0 saturated carbocycles. The molecule has 0 aliphatic carbocycles. The number of hydrogen-bond donors (Lipinski definition) is 0. The molecule has 0 spiro atoms. The molecule has 0 N–H and O–H groups in total. The van der Waals surface area contributed by atoms with Crippen LogP contribution in [0.5, 0.6) is 0 Å². The van der Waals surface area contributed by atoms with Crippen LogP contribution in [-0.4, -0.2) is 25.7 Å². The maximum absolute atomic E-state index is 12.8. The van der Waals surface area contributed by atoms with Crippen molar-refractivity contribution in [3.63, 3.8) is 0 Å². The molecule has 4 rings (SSSR count). The van der Waals surface area contributed by atoms with Gasteiger partial charge in [-0.25, -0.2) is 0 Å². The molecule has 0 atom stereocenters. The summed E-state index contributed by atoms with van der Waals surface area (Å²) in [6.45, 7) is 0. The van der Waals surface area contributed by atoms with Gasteiger partial charge in [0.05, 0.1) is 0 Å². The fraction of sp³-hybridized carbons (Fsp3) is 0. The van der Waals surface area contributed by atoms with E-state index in [9.17, 15) is 4.79 Å². The molecule has 0 saturated heterocycles. The van der Waals surface area contributed by atoms with Gasteiger partial charge in [0.25, 0.3) is 0 Å². The molecule has 4 aromatic heterocycles. The fourth-order valence-corrected chi connectivity index (χ4v) is 2.49. The Morgan fingerprint density at radius 1 is 0.667 bits per heavy atom. The minimum Gasteiger partial charge on any atom is -0.360 e. The number of carbonyl (C=O) groups excluding carboxylic acids is 1. The molecule has 0 radical (unpaired) electrons. The predicted molar refractivity (Wildman–Crippen MR) is 96.0 cm³/mol. The van der Waals surface area contributed by atoms with Crippen molar-refractivity contribution in [3.05, 3.63) is 96.8 Å². The van der Waals surface area contributed by atoms with Crippen molar-refractivity contribution < 1.29 is 25.9 Å². The van der Waals surface area contributed by atoms with Gasteiger partial charge < -0.3 is 9.97 Å². The second-order valence-corrected chi connectivity index (χ2v) is 5.47. The molecule has 0 aliphatic heterocycles. The number of ketones is 1. The maximum atomic E-state index is 12.8. The van der Waals surface area contributed by atoms with Gasteiger partial charge in [-0.15, -0.1) is 35.4 Å². The van der Waals surface area contributed by atoms with Crippen molar-refractivity contribution >= 4 is 5.78 Å². The molecular formula is C21H12N4OPt. The summed E-state index contributed by atoms with van der Waals surface area (Å²) in [4.78, 5) is 29.7. The number of aromatic nitrogens is 4. The van der Waals surface area contributed by atoms with Crippen molar-refractivity contribution in [2.45, 2.75) is 0 Å². The third-order valence-corrected chi connectivity index (χ3v) is 3.73. The number of rotatable bonds is 4. The average Bonchev–Trinajstić information content (AvgIpc) is 2.75. The van der Waals surface area contributed by atoms with E-state index in [0.717, 1.165) is 11.1 Å². The zero-order valence-corrected chi connectivity index (χ0v) is 16.2. The SMILES string of the molecule is O=C(c1cccc(-c2[c-]nccc2)n1)c1cccc(-c2[c-]nccc2)n1.[Pt+2]. The number of carbonyl (C=O) groups is 1. The fourth-order valence-electron chi connectivity index (χ4n) is 2.49. The third kappa shape index (κ3) is 4.21. The summed E-state index contributed by atoms with van der Waals surface area (Å²) in [5.74, 6) is -0.249. The molecule has 0 unspecified atom stereocenters. The monoisotopic (exact) mass is 531 g/mol. The molecule has 0 aromatic carbocycles. The standard InChI is InChI=1S/C21H12N4O.Pt/c26-21(19-9-1-7-17(24-19)15-5-3-11-22-13-15)20-10-2-8-18(25-20)16-6-4-12-23-14-16;/h1-12H;/q-2;+2. The molecule has 0 amide bonds. The van der Waals surface area contributed by atoms with Crippen molar-refractivity contribution in [2.75, 3.05) is 0 Å². The quantitative estimate of drug-likeness (QED) is 0.298. The summed E-state index contributed by atoms with van der Waals surface area (Å²) in [5, 5.41) is 0. The van der Waals surface area contributed by atoms with Gasteiger partial charge in [-0.1, -0.05) is 36.7 Å². The van der Waals surface area contributed by atoms with Gasteiger partial charge in [0.1, 0.15) is 11.4 Å². The Bertz CT molecular complexity index is 971. The number of hydrogen-bond acceptors (Lipinski definition) is 5. The first-order valence-electron chi connectivity index (χ1n) is 7.96. The van der Waals surface area contributed by atoms with E-state index in [1.54, 1.807) is 48.8 Å². The van der Waals surface area contributed by atoms with Crippen LogP contribution in [0, 0.1) is 12.4 Å². The topological polar surface area (TPSA) is 68.6 Å². The molecule has 6 heteroatoms. The van der Waals surface area contributed by atoms with Crippen LogP contribution < -0.4 is 0 Å². The van der Waals surface area contributed by atoms with E-state index in [1.165, 1.54) is 0 Å². The molecule has 0 fully saturated rings. The zero-order valence-electron chi connectivity index (χ0n) is 13.9. The van der Waals surface area contributed by atoms with Crippen molar-refractivity contribution in [1.82, 2.24) is 19.9 Å². The summed E-state index contributed by atoms with van der Waals surface area (Å²) in [6.07, 6.45) is 9.03. The Labute approximate surface area is 170 Å². The Kier molecular flexibility index (Phi) is 5.94. The molecule has 27 heavy (non-hydrogen) atoms. The van der Waals surface area contributed by atoms with Crippen molar-refractivity contribution in [1.29, 1.82) is 0 Å². The molecule has 0 aliphatic rings. The zero-order chi connectivity index (χ0) is 17.8. The molecule has 4 heterocycles. The molecule has 132 valence electrons. The summed E-state index contributed by atoms with van der Waals surface area (Å²) in [6, 6.07) is 17.9. The normalized spacial score (nSPS) is 10.1. The van der Waals surface area contributed by atoms with Crippen LogP contribution >= 0.6 is 0 Å². The van der Waals surface area contributed by atoms with E-state index in [0.29, 0.717) is 22.8 Å². The number of pyridine rings is 4. The van der Waals surface area contributed by atoms with E-state index >= 15 is 0 Å². The van der Waals surface area contributed by atoms with Crippen LogP contribution in [0.15, 0.2) is 73.1 Å². The van der Waals surface area contributed by atoms with Crippen molar-refractivity contribution in [2.24, 2.45) is 0 Å².